The number of nitrogens with one attached hydrogen (secondary N) is 1. The molecule has 0 unspecified atom stereocenters. The van der Waals surface area contributed by atoms with Gasteiger partial charge in [-0.15, -0.1) is 12.3 Å². The third kappa shape index (κ3) is 5.74. The normalized spacial score (nSPS) is 10.2. The molecule has 0 aromatic carbocycles. The van der Waals surface area contributed by atoms with E-state index in [2.05, 4.69) is 31.2 Å². The molecule has 3 rings (SSSR count). The van der Waals surface area contributed by atoms with Crippen molar-refractivity contribution >= 4 is 17.3 Å². The second-order valence-electron chi connectivity index (χ2n) is 6.09. The SMILES string of the molecule is C#CCCOc1cnc(C(=O)Cc2ccnc(CNc3cccnc3N)c2)cn1. The molecule has 146 valence electrons. The lowest BCUT2D eigenvalue weighted by molar-refractivity contribution is 0.0987. The Hall–Kier alpha value is -3.99. The van der Waals surface area contributed by atoms with Gasteiger partial charge in [-0.2, -0.15) is 0 Å². The Morgan fingerprint density at radius 3 is 2.83 bits per heavy atom. The summed E-state index contributed by atoms with van der Waals surface area (Å²) in [7, 11) is 0. The predicted molar refractivity (Wildman–Crippen MR) is 109 cm³/mol. The van der Waals surface area contributed by atoms with E-state index in [1.165, 1.54) is 12.4 Å². The average molecular weight is 388 g/mol. The van der Waals surface area contributed by atoms with Crippen molar-refractivity contribution in [3.8, 4) is 18.2 Å². The quantitative estimate of drug-likeness (QED) is 0.326. The third-order valence-corrected chi connectivity index (χ3v) is 3.95. The number of rotatable bonds is 9. The molecule has 0 aliphatic heterocycles. The highest BCUT2D eigenvalue weighted by Gasteiger charge is 2.11. The van der Waals surface area contributed by atoms with Gasteiger partial charge in [0, 0.05) is 25.2 Å². The summed E-state index contributed by atoms with van der Waals surface area (Å²) in [4.78, 5) is 29.0. The van der Waals surface area contributed by atoms with E-state index in [4.69, 9.17) is 16.9 Å². The molecule has 3 N–H and O–H groups in total. The highest BCUT2D eigenvalue weighted by Crippen LogP contribution is 2.15. The maximum atomic E-state index is 12.5. The maximum Gasteiger partial charge on any atom is 0.232 e. The second-order valence-corrected chi connectivity index (χ2v) is 6.09. The number of nitrogens with zero attached hydrogens (tertiary/aromatic N) is 4. The Labute approximate surface area is 168 Å². The molecule has 0 fully saturated rings. The topological polar surface area (TPSA) is 116 Å². The molecule has 0 aliphatic carbocycles. The van der Waals surface area contributed by atoms with E-state index in [1.54, 1.807) is 24.5 Å². The summed E-state index contributed by atoms with van der Waals surface area (Å²) in [6, 6.07) is 7.30. The van der Waals surface area contributed by atoms with Gasteiger partial charge in [0.05, 0.1) is 30.3 Å². The van der Waals surface area contributed by atoms with Crippen LogP contribution in [0.2, 0.25) is 0 Å². The number of carbonyl (C=O) groups is 1. The molecule has 0 radical (unpaired) electrons. The van der Waals surface area contributed by atoms with Crippen molar-refractivity contribution in [1.29, 1.82) is 0 Å². The number of aromatic nitrogens is 4. The minimum atomic E-state index is -0.144. The summed E-state index contributed by atoms with van der Waals surface area (Å²) in [5, 5.41) is 3.19. The van der Waals surface area contributed by atoms with E-state index < -0.39 is 0 Å². The fourth-order valence-corrected chi connectivity index (χ4v) is 2.51. The van der Waals surface area contributed by atoms with Gasteiger partial charge < -0.3 is 15.8 Å². The third-order valence-electron chi connectivity index (χ3n) is 3.95. The number of Topliss-reactive ketones (excluding diaryl/α,β-unsaturated/α-hetero) is 1. The number of ether oxygens (including phenoxy) is 1. The second kappa shape index (κ2) is 9.80. The lowest BCUT2D eigenvalue weighted by Crippen LogP contribution is -2.09. The number of anilines is 2. The molecule has 0 saturated carbocycles. The van der Waals surface area contributed by atoms with Crippen molar-refractivity contribution in [2.24, 2.45) is 0 Å². The van der Waals surface area contributed by atoms with Crippen LogP contribution in [0.25, 0.3) is 0 Å². The first-order valence-electron chi connectivity index (χ1n) is 8.95. The first-order chi connectivity index (χ1) is 14.2. The monoisotopic (exact) mass is 388 g/mol. The summed E-state index contributed by atoms with van der Waals surface area (Å²) in [5.74, 6) is 3.09. The lowest BCUT2D eigenvalue weighted by Gasteiger charge is -2.09. The van der Waals surface area contributed by atoms with Gasteiger partial charge >= 0.3 is 0 Å². The van der Waals surface area contributed by atoms with Gasteiger partial charge in [0.1, 0.15) is 18.1 Å². The van der Waals surface area contributed by atoms with Crippen LogP contribution in [0.15, 0.2) is 49.1 Å². The van der Waals surface area contributed by atoms with Gasteiger partial charge in [-0.1, -0.05) is 0 Å². The summed E-state index contributed by atoms with van der Waals surface area (Å²) in [6.07, 6.45) is 12.0. The Kier molecular flexibility index (Phi) is 6.68. The van der Waals surface area contributed by atoms with Gasteiger partial charge in [-0.05, 0) is 29.8 Å². The molecule has 0 bridgehead atoms. The van der Waals surface area contributed by atoms with Gasteiger partial charge in [0.15, 0.2) is 5.78 Å². The van der Waals surface area contributed by atoms with Crippen LogP contribution < -0.4 is 15.8 Å². The number of hydrogen-bond donors (Lipinski definition) is 2. The molecule has 0 saturated heterocycles. The van der Waals surface area contributed by atoms with E-state index in [-0.39, 0.29) is 17.9 Å². The number of carbonyl (C=O) groups excluding carboxylic acids is 1. The predicted octanol–water partition coefficient (Wildman–Crippen LogP) is 2.29. The maximum absolute atomic E-state index is 12.5. The van der Waals surface area contributed by atoms with Crippen LogP contribution in [0.4, 0.5) is 11.5 Å². The highest BCUT2D eigenvalue weighted by molar-refractivity contribution is 5.95. The number of hydrogen-bond acceptors (Lipinski definition) is 8. The summed E-state index contributed by atoms with van der Waals surface area (Å²) >= 11 is 0. The smallest absolute Gasteiger partial charge is 0.232 e. The van der Waals surface area contributed by atoms with Crippen molar-refractivity contribution < 1.29 is 9.53 Å². The van der Waals surface area contributed by atoms with E-state index in [0.29, 0.717) is 31.3 Å². The lowest BCUT2D eigenvalue weighted by atomic mass is 10.1. The fourth-order valence-electron chi connectivity index (χ4n) is 2.51. The standard InChI is InChI=1S/C21H20N6O2/c1-2-3-9-29-20-14-26-18(13-27-20)19(28)11-15-6-8-23-16(10-15)12-25-17-5-4-7-24-21(17)22/h1,4-8,10,13-14,25H,3,9,11-12H2,(H2,22,24). The van der Waals surface area contributed by atoms with E-state index >= 15 is 0 Å². The Morgan fingerprint density at radius 1 is 1.17 bits per heavy atom. The Bertz CT molecular complexity index is 1010. The van der Waals surface area contributed by atoms with Crippen molar-refractivity contribution in [2.45, 2.75) is 19.4 Å². The molecule has 3 aromatic heterocycles. The molecule has 29 heavy (non-hydrogen) atoms. The van der Waals surface area contributed by atoms with Crippen LogP contribution in [-0.4, -0.2) is 32.3 Å². The van der Waals surface area contributed by atoms with Crippen molar-refractivity contribution in [3.63, 3.8) is 0 Å². The zero-order chi connectivity index (χ0) is 20.5. The van der Waals surface area contributed by atoms with E-state index in [0.717, 1.165) is 16.9 Å². The number of pyridine rings is 2. The number of terminal acetylenes is 1. The summed E-state index contributed by atoms with van der Waals surface area (Å²) < 4.78 is 5.33. The van der Waals surface area contributed by atoms with Gasteiger partial charge in [0.25, 0.3) is 0 Å². The fraction of sp³-hybridized carbons (Fsp3) is 0.190. The van der Waals surface area contributed by atoms with Crippen LogP contribution in [0.3, 0.4) is 0 Å². The van der Waals surface area contributed by atoms with Crippen molar-refractivity contribution in [3.05, 3.63) is 66.0 Å². The van der Waals surface area contributed by atoms with Gasteiger partial charge in [-0.3, -0.25) is 9.78 Å². The Balaban J connectivity index is 1.58. The van der Waals surface area contributed by atoms with Crippen LogP contribution in [0.1, 0.15) is 28.2 Å². The molecule has 3 heterocycles. The van der Waals surface area contributed by atoms with Crippen molar-refractivity contribution in [1.82, 2.24) is 19.9 Å². The first-order valence-corrected chi connectivity index (χ1v) is 8.95. The number of ketones is 1. The molecule has 0 atom stereocenters. The molecular weight excluding hydrogens is 368 g/mol. The molecule has 8 heteroatoms. The number of nitrogens with two attached hydrogens (primary N) is 1. The molecule has 3 aromatic rings. The van der Waals surface area contributed by atoms with Crippen LogP contribution in [0.5, 0.6) is 5.88 Å². The van der Waals surface area contributed by atoms with Crippen molar-refractivity contribution in [2.75, 3.05) is 17.7 Å². The van der Waals surface area contributed by atoms with E-state index in [9.17, 15) is 4.79 Å². The minimum absolute atomic E-state index is 0.144. The van der Waals surface area contributed by atoms with E-state index in [1.807, 2.05) is 12.1 Å². The number of nitrogen functional groups attached to an aromatic ring is 1. The molecule has 0 amide bonds. The molecule has 0 aliphatic rings. The molecule has 8 nitrogen and oxygen atoms in total. The average Bonchev–Trinajstić information content (AvgIpc) is 2.74. The van der Waals surface area contributed by atoms with Crippen LogP contribution >= 0.6 is 0 Å². The zero-order valence-electron chi connectivity index (χ0n) is 15.7. The molecular formula is C21H20N6O2. The first kappa shape index (κ1) is 19.8. The highest BCUT2D eigenvalue weighted by atomic mass is 16.5. The Morgan fingerprint density at radius 2 is 2.07 bits per heavy atom. The largest absolute Gasteiger partial charge is 0.476 e. The van der Waals surface area contributed by atoms with Gasteiger partial charge in [-0.25, -0.2) is 15.0 Å². The summed E-state index contributed by atoms with van der Waals surface area (Å²) in [5.41, 5.74) is 8.43. The molecule has 0 spiro atoms. The zero-order valence-corrected chi connectivity index (χ0v) is 15.7. The van der Waals surface area contributed by atoms with Gasteiger partial charge in [0.2, 0.25) is 5.88 Å². The van der Waals surface area contributed by atoms with Crippen LogP contribution in [-0.2, 0) is 13.0 Å². The minimum Gasteiger partial charge on any atom is -0.476 e. The van der Waals surface area contributed by atoms with Crippen LogP contribution in [0, 0.1) is 12.3 Å². The summed E-state index contributed by atoms with van der Waals surface area (Å²) in [6.45, 7) is 0.818.